The van der Waals surface area contributed by atoms with Gasteiger partial charge in [0.05, 0.1) is 0 Å². The molecule has 0 aromatic rings. The van der Waals surface area contributed by atoms with Gasteiger partial charge in [0.1, 0.15) is 0 Å². The van der Waals surface area contributed by atoms with E-state index in [0.29, 0.717) is 0 Å². The fourth-order valence-corrected chi connectivity index (χ4v) is 0. The van der Waals surface area contributed by atoms with E-state index < -0.39 is 23.5 Å². The first kappa shape index (κ1) is 96.0. The van der Waals surface area contributed by atoms with Gasteiger partial charge in [0.2, 0.25) is 0 Å². The van der Waals surface area contributed by atoms with Gasteiger partial charge in [-0.3, -0.25) is 0 Å². The molecule has 26 heavy (non-hydrogen) atoms. The van der Waals surface area contributed by atoms with Gasteiger partial charge in [-0.25, -0.2) is 0 Å². The average molecular weight is 555 g/mol. The Kier molecular flexibility index (Phi) is 177. The zero-order valence-electron chi connectivity index (χ0n) is 20.5. The first-order valence-corrected chi connectivity index (χ1v) is 6.57. The number of hydrogen-bond acceptors (Lipinski definition) is 12. The summed E-state index contributed by atoms with van der Waals surface area (Å²) in [7, 11) is -16.2. The maximum Gasteiger partial charge on any atom is 3.00 e. The molecule has 0 atom stereocenters. The summed E-state index contributed by atoms with van der Waals surface area (Å²) in [6.45, 7) is 0. The molecule has 0 amide bonds. The Labute approximate surface area is 265 Å². The van der Waals surface area contributed by atoms with Gasteiger partial charge in [-0.05, 0) is 0 Å². The van der Waals surface area contributed by atoms with Crippen molar-refractivity contribution >= 4 is 185 Å². The SMILES string of the molecule is O=P([O-])([O-])[O-].O=P([O-])([O-])[O-].O=P([O-])([O-])[O-].[Al+3].[Al+3].[Al+3].[Al+3].[F-].[F-].[F-].[H-].[H-].[H-].[H-].[H-].[H-].[H-].[H-].[Mg+2].[Mg+2].[Mg+2].[Mg+2]. The molecule has 0 aliphatic heterocycles. The Morgan fingerprint density at radius 3 is 0.385 bits per heavy atom. The van der Waals surface area contributed by atoms with Crippen LogP contribution in [0.2, 0.25) is 0 Å². The molecule has 0 aliphatic rings. The van der Waals surface area contributed by atoms with Gasteiger partial charge in [0.15, 0.2) is 0 Å². The second-order valence-corrected chi connectivity index (χ2v) is 4.02. The van der Waals surface area contributed by atoms with Gasteiger partial charge < -0.3 is 83.3 Å². The van der Waals surface area contributed by atoms with Crippen LogP contribution in [0.15, 0.2) is 0 Å². The van der Waals surface area contributed by atoms with Crippen molar-refractivity contribution < 1.29 is 83.3 Å². The Morgan fingerprint density at radius 2 is 0.385 bits per heavy atom. The number of rotatable bonds is 0. The molecule has 26 heteroatoms. The van der Waals surface area contributed by atoms with Crippen LogP contribution in [0.3, 0.4) is 0 Å². The summed E-state index contributed by atoms with van der Waals surface area (Å²) in [4.78, 5) is 76.9. The van der Waals surface area contributed by atoms with E-state index in [-0.39, 0.29) is 187 Å². The molecule has 0 rings (SSSR count). The van der Waals surface area contributed by atoms with E-state index >= 15 is 0 Å². The van der Waals surface area contributed by atoms with Crippen LogP contribution in [0.25, 0.3) is 0 Å². The van der Waals surface area contributed by atoms with E-state index in [2.05, 4.69) is 0 Å². The van der Waals surface area contributed by atoms with Crippen molar-refractivity contribution in [2.24, 2.45) is 0 Å². The predicted molar refractivity (Wildman–Crippen MR) is 77.7 cm³/mol. The molecule has 0 spiro atoms. The minimum absolute atomic E-state index is 0. The Morgan fingerprint density at radius 1 is 0.385 bits per heavy atom. The van der Waals surface area contributed by atoms with Crippen molar-refractivity contribution in [2.75, 3.05) is 0 Å². The van der Waals surface area contributed by atoms with Crippen LogP contribution < -0.4 is 58.2 Å². The zero-order chi connectivity index (χ0) is 13.5. The molecule has 0 bridgehead atoms. The molecule has 0 saturated carbocycles. The first-order valence-electron chi connectivity index (χ1n) is 2.19. The monoisotopic (exact) mass is 554 g/mol. The average Bonchev–Trinajstić information content (AvgIpc) is 1.41. The molecular formula is H8Al4F3Mg4O12P3. The molecule has 0 N–H and O–H groups in total. The number of hydrogen-bond donors (Lipinski definition) is 0. The summed E-state index contributed by atoms with van der Waals surface area (Å²) < 4.78 is 25.6. The topological polar surface area (TPSA) is 259 Å². The third-order valence-electron chi connectivity index (χ3n) is 0. The molecular weight excluding hydrogens is 547 g/mol. The van der Waals surface area contributed by atoms with Gasteiger partial charge in [-0.2, -0.15) is 23.5 Å². The molecule has 0 heterocycles. The molecule has 0 unspecified atom stereocenters. The van der Waals surface area contributed by atoms with E-state index in [1.54, 1.807) is 0 Å². The van der Waals surface area contributed by atoms with Crippen LogP contribution in [-0.4, -0.2) is 162 Å². The van der Waals surface area contributed by atoms with Gasteiger partial charge in [0, 0.05) is 0 Å². The van der Waals surface area contributed by atoms with Crippen molar-refractivity contribution in [1.29, 1.82) is 0 Å². The maximum atomic E-state index is 8.55. The first-order chi connectivity index (χ1) is 6.00. The molecule has 0 radical (unpaired) electrons. The third-order valence-corrected chi connectivity index (χ3v) is 0. The van der Waals surface area contributed by atoms with Crippen LogP contribution >= 0.6 is 23.5 Å². The Balaban J connectivity index is -0.00000000248. The van der Waals surface area contributed by atoms with E-state index in [9.17, 15) is 0 Å². The van der Waals surface area contributed by atoms with Crippen molar-refractivity contribution in [3.05, 3.63) is 0 Å². The van der Waals surface area contributed by atoms with Crippen molar-refractivity contribution in [3.8, 4) is 0 Å². The minimum atomic E-state index is -5.39. The second kappa shape index (κ2) is 47.9. The summed E-state index contributed by atoms with van der Waals surface area (Å²) in [5, 5.41) is 0. The normalized spacial score (nSPS) is 6.81. The fraction of sp³-hybridized carbons (Fsp3) is 0. The number of phosphoric acid groups is 3. The predicted octanol–water partition coefficient (Wildman–Crippen LogP) is -19.6. The van der Waals surface area contributed by atoms with Gasteiger partial charge in [-0.1, -0.05) is 0 Å². The van der Waals surface area contributed by atoms with Crippen LogP contribution in [0, 0.1) is 0 Å². The standard InChI is InChI=1S/4Al.3FH.4Mg.3H3O4P.8H/c;;;;;;;;;;;3*1-5(2,3)4;;;;;;;;/h;;;;3*1H;;;;;3*(H3,1,2,3,4);;;;;;;;/q4*+3;;;;4*+2;;;;8*-1/p-12. The van der Waals surface area contributed by atoms with E-state index in [1.165, 1.54) is 0 Å². The largest absolute Gasteiger partial charge is 3.00 e. The summed E-state index contributed by atoms with van der Waals surface area (Å²) >= 11 is 0. The van der Waals surface area contributed by atoms with Crippen LogP contribution in [0.1, 0.15) is 11.4 Å². The third kappa shape index (κ3) is 832. The maximum absolute atomic E-state index is 8.55. The molecule has 0 aromatic carbocycles. The van der Waals surface area contributed by atoms with Crippen LogP contribution in [-0.2, 0) is 13.7 Å². The molecule has 0 aromatic heterocycles. The smallest absolute Gasteiger partial charge is 1.00 e. The quantitative estimate of drug-likeness (QED) is 0.199. The van der Waals surface area contributed by atoms with Crippen molar-refractivity contribution in [1.82, 2.24) is 0 Å². The van der Waals surface area contributed by atoms with Gasteiger partial charge in [0.25, 0.3) is 0 Å². The Hall–Kier alpha value is 5.31. The Bertz CT molecular complexity index is 267. The zero-order valence-corrected chi connectivity index (χ0v) is 25.5. The summed E-state index contributed by atoms with van der Waals surface area (Å²) in [5.41, 5.74) is 0. The van der Waals surface area contributed by atoms with Crippen LogP contribution in [0.5, 0.6) is 0 Å². The van der Waals surface area contributed by atoms with Gasteiger partial charge in [-0.15, -0.1) is 0 Å². The summed E-state index contributed by atoms with van der Waals surface area (Å²) in [6.07, 6.45) is 0. The van der Waals surface area contributed by atoms with E-state index in [0.717, 1.165) is 0 Å². The van der Waals surface area contributed by atoms with Crippen molar-refractivity contribution in [2.45, 2.75) is 0 Å². The molecule has 12 nitrogen and oxygen atoms in total. The summed E-state index contributed by atoms with van der Waals surface area (Å²) in [6, 6.07) is 0. The molecule has 136 valence electrons. The van der Waals surface area contributed by atoms with Crippen LogP contribution in [0.4, 0.5) is 0 Å². The van der Waals surface area contributed by atoms with Gasteiger partial charge >= 0.3 is 162 Å². The molecule has 0 fully saturated rings. The van der Waals surface area contributed by atoms with E-state index in [1.807, 2.05) is 0 Å². The minimum Gasteiger partial charge on any atom is -1.00 e. The fourth-order valence-electron chi connectivity index (χ4n) is 0. The van der Waals surface area contributed by atoms with E-state index in [4.69, 9.17) is 57.7 Å². The molecule has 0 aliphatic carbocycles. The van der Waals surface area contributed by atoms with Crippen molar-refractivity contribution in [3.63, 3.8) is 0 Å². The molecule has 0 saturated heterocycles. The number of halogens is 3. The second-order valence-electron chi connectivity index (χ2n) is 1.34. The summed E-state index contributed by atoms with van der Waals surface area (Å²) in [5.74, 6) is 0.